The Morgan fingerprint density at radius 3 is 2.35 bits per heavy atom. The zero-order valence-corrected chi connectivity index (χ0v) is 11.9. The smallest absolute Gasteiger partial charge is 0.410 e. The molecule has 7 heteroatoms. The number of hydrogen-bond acceptors (Lipinski definition) is 3. The molecule has 1 heterocycles. The normalized spacial score (nSPS) is 20.1. The molecule has 1 rings (SSSR count). The van der Waals surface area contributed by atoms with Gasteiger partial charge in [0.05, 0.1) is 6.42 Å². The van der Waals surface area contributed by atoms with Gasteiger partial charge in [0.1, 0.15) is 11.4 Å². The number of likely N-dealkylation sites (tertiary alicyclic amines) is 1. The number of amides is 1. The van der Waals surface area contributed by atoms with Gasteiger partial charge in [0.25, 0.3) is 0 Å². The highest BCUT2D eigenvalue weighted by Gasteiger charge is 2.35. The summed E-state index contributed by atoms with van der Waals surface area (Å²) in [5.74, 6) is -0.946. The van der Waals surface area contributed by atoms with E-state index in [1.165, 1.54) is 4.90 Å². The van der Waals surface area contributed by atoms with Crippen molar-refractivity contribution >= 4 is 11.9 Å². The Hall–Kier alpha value is -1.27. The molecular formula is C13H20F3NO3. The van der Waals surface area contributed by atoms with Crippen LogP contribution in [-0.2, 0) is 9.53 Å². The number of halogens is 3. The second-order valence-corrected chi connectivity index (χ2v) is 5.99. The predicted molar refractivity (Wildman–Crippen MR) is 66.2 cm³/mol. The van der Waals surface area contributed by atoms with Crippen molar-refractivity contribution in [2.45, 2.75) is 51.8 Å². The van der Waals surface area contributed by atoms with Gasteiger partial charge in [0, 0.05) is 25.4 Å². The van der Waals surface area contributed by atoms with E-state index in [0.29, 0.717) is 13.0 Å². The van der Waals surface area contributed by atoms with Crippen LogP contribution in [0.1, 0.15) is 40.0 Å². The Morgan fingerprint density at radius 2 is 1.85 bits per heavy atom. The molecule has 1 fully saturated rings. The number of hydrogen-bond donors (Lipinski definition) is 0. The highest BCUT2D eigenvalue weighted by atomic mass is 19.4. The standard InChI is InChI=1S/C13H20F3NO3/c1-12(2,3)20-11(19)17-7-5-9(8-17)10(18)4-6-13(14,15)16/h9H,4-8H2,1-3H3. The maximum atomic E-state index is 12.1. The van der Waals surface area contributed by atoms with Crippen LogP contribution in [0, 0.1) is 5.92 Å². The number of ketones is 1. The quantitative estimate of drug-likeness (QED) is 0.803. The highest BCUT2D eigenvalue weighted by molar-refractivity contribution is 5.82. The second kappa shape index (κ2) is 6.01. The molecule has 0 radical (unpaired) electrons. The first kappa shape index (κ1) is 16.8. The van der Waals surface area contributed by atoms with E-state index in [0.717, 1.165) is 0 Å². The van der Waals surface area contributed by atoms with Crippen LogP contribution < -0.4 is 0 Å². The molecular weight excluding hydrogens is 275 g/mol. The van der Waals surface area contributed by atoms with Crippen LogP contribution in [0.3, 0.4) is 0 Å². The van der Waals surface area contributed by atoms with E-state index >= 15 is 0 Å². The molecule has 1 saturated heterocycles. The van der Waals surface area contributed by atoms with Crippen molar-refractivity contribution in [3.05, 3.63) is 0 Å². The SMILES string of the molecule is CC(C)(C)OC(=O)N1CCC(C(=O)CCC(F)(F)F)C1. The summed E-state index contributed by atoms with van der Waals surface area (Å²) >= 11 is 0. The number of Topliss-reactive ketones (excluding diaryl/α,β-unsaturated/α-hetero) is 1. The van der Waals surface area contributed by atoms with Gasteiger partial charge in [-0.15, -0.1) is 0 Å². The van der Waals surface area contributed by atoms with Crippen molar-refractivity contribution in [2.24, 2.45) is 5.92 Å². The van der Waals surface area contributed by atoms with Crippen LogP contribution in [0.15, 0.2) is 0 Å². The third-order valence-corrected chi connectivity index (χ3v) is 2.95. The molecule has 0 bridgehead atoms. The van der Waals surface area contributed by atoms with Gasteiger partial charge in [-0.2, -0.15) is 13.2 Å². The molecule has 0 aliphatic carbocycles. The predicted octanol–water partition coefficient (Wildman–Crippen LogP) is 3.16. The van der Waals surface area contributed by atoms with E-state index in [1.54, 1.807) is 20.8 Å². The van der Waals surface area contributed by atoms with Crippen LogP contribution >= 0.6 is 0 Å². The van der Waals surface area contributed by atoms with E-state index in [4.69, 9.17) is 4.74 Å². The Morgan fingerprint density at radius 1 is 1.25 bits per heavy atom. The molecule has 0 N–H and O–H groups in total. The summed E-state index contributed by atoms with van der Waals surface area (Å²) in [6, 6.07) is 0. The third kappa shape index (κ3) is 5.79. The zero-order valence-electron chi connectivity index (χ0n) is 11.9. The minimum atomic E-state index is -4.32. The van der Waals surface area contributed by atoms with Crippen LogP contribution in [0.2, 0.25) is 0 Å². The first-order chi connectivity index (χ1) is 8.98. The molecule has 20 heavy (non-hydrogen) atoms. The first-order valence-electron chi connectivity index (χ1n) is 6.55. The van der Waals surface area contributed by atoms with Gasteiger partial charge in [-0.25, -0.2) is 4.79 Å². The fourth-order valence-corrected chi connectivity index (χ4v) is 1.98. The van der Waals surface area contributed by atoms with E-state index in [9.17, 15) is 22.8 Å². The number of nitrogens with zero attached hydrogens (tertiary/aromatic N) is 1. The second-order valence-electron chi connectivity index (χ2n) is 5.99. The monoisotopic (exact) mass is 295 g/mol. The van der Waals surface area contributed by atoms with Gasteiger partial charge >= 0.3 is 12.3 Å². The van der Waals surface area contributed by atoms with Gasteiger partial charge in [-0.1, -0.05) is 0 Å². The summed E-state index contributed by atoms with van der Waals surface area (Å²) in [5.41, 5.74) is -0.630. The van der Waals surface area contributed by atoms with Crippen molar-refractivity contribution in [3.63, 3.8) is 0 Å². The molecule has 0 saturated carbocycles. The molecule has 1 aliphatic rings. The minimum Gasteiger partial charge on any atom is -0.444 e. The van der Waals surface area contributed by atoms with E-state index in [2.05, 4.69) is 0 Å². The molecule has 0 aromatic rings. The summed E-state index contributed by atoms with van der Waals surface area (Å²) in [5, 5.41) is 0. The van der Waals surface area contributed by atoms with Crippen molar-refractivity contribution < 1.29 is 27.5 Å². The summed E-state index contributed by atoms with van der Waals surface area (Å²) in [4.78, 5) is 24.8. The lowest BCUT2D eigenvalue weighted by Crippen LogP contribution is -2.35. The van der Waals surface area contributed by atoms with Crippen molar-refractivity contribution in [1.82, 2.24) is 4.90 Å². The molecule has 1 aliphatic heterocycles. The Kier molecular flexibility index (Phi) is 5.05. The van der Waals surface area contributed by atoms with Gasteiger partial charge < -0.3 is 9.64 Å². The van der Waals surface area contributed by atoms with Gasteiger partial charge in [0.15, 0.2) is 0 Å². The Balaban J connectivity index is 2.43. The fourth-order valence-electron chi connectivity index (χ4n) is 1.98. The summed E-state index contributed by atoms with van der Waals surface area (Å²) in [6.07, 6.45) is -6.07. The molecule has 116 valence electrons. The maximum absolute atomic E-state index is 12.1. The molecule has 0 aromatic heterocycles. The van der Waals surface area contributed by atoms with Crippen LogP contribution in [0.25, 0.3) is 0 Å². The van der Waals surface area contributed by atoms with Crippen molar-refractivity contribution in [3.8, 4) is 0 Å². The molecule has 1 amide bonds. The lowest BCUT2D eigenvalue weighted by molar-refractivity contribution is -0.144. The molecule has 0 aromatic carbocycles. The lowest BCUT2D eigenvalue weighted by atomic mass is 9.99. The Bertz CT molecular complexity index is 374. The first-order valence-corrected chi connectivity index (χ1v) is 6.55. The van der Waals surface area contributed by atoms with Gasteiger partial charge in [-0.3, -0.25) is 4.79 Å². The lowest BCUT2D eigenvalue weighted by Gasteiger charge is -2.24. The van der Waals surface area contributed by atoms with Gasteiger partial charge in [0.2, 0.25) is 0 Å². The topological polar surface area (TPSA) is 46.6 Å². The van der Waals surface area contributed by atoms with E-state index in [1.807, 2.05) is 0 Å². The van der Waals surface area contributed by atoms with Gasteiger partial charge in [-0.05, 0) is 27.2 Å². The zero-order chi connectivity index (χ0) is 15.6. The molecule has 1 unspecified atom stereocenters. The summed E-state index contributed by atoms with van der Waals surface area (Å²) in [7, 11) is 0. The summed E-state index contributed by atoms with van der Waals surface area (Å²) in [6.45, 7) is 5.68. The van der Waals surface area contributed by atoms with Crippen LogP contribution in [-0.4, -0.2) is 41.6 Å². The summed E-state index contributed by atoms with van der Waals surface area (Å²) < 4.78 is 41.3. The third-order valence-electron chi connectivity index (χ3n) is 2.95. The molecule has 4 nitrogen and oxygen atoms in total. The Labute approximate surface area is 116 Å². The average Bonchev–Trinajstić information content (AvgIpc) is 2.71. The van der Waals surface area contributed by atoms with Crippen molar-refractivity contribution in [1.29, 1.82) is 0 Å². The highest BCUT2D eigenvalue weighted by Crippen LogP contribution is 2.26. The number of ether oxygens (including phenoxy) is 1. The largest absolute Gasteiger partial charge is 0.444 e. The van der Waals surface area contributed by atoms with Crippen LogP contribution in [0.5, 0.6) is 0 Å². The number of rotatable bonds is 3. The van der Waals surface area contributed by atoms with E-state index in [-0.39, 0.29) is 6.54 Å². The average molecular weight is 295 g/mol. The molecule has 1 atom stereocenters. The maximum Gasteiger partial charge on any atom is 0.410 e. The number of carbonyl (C=O) groups is 2. The number of carbonyl (C=O) groups excluding carboxylic acids is 2. The van der Waals surface area contributed by atoms with Crippen LogP contribution in [0.4, 0.5) is 18.0 Å². The van der Waals surface area contributed by atoms with E-state index < -0.39 is 42.4 Å². The van der Waals surface area contributed by atoms with Crippen molar-refractivity contribution in [2.75, 3.05) is 13.1 Å². The minimum absolute atomic E-state index is 0.144. The molecule has 0 spiro atoms. The number of alkyl halides is 3. The fraction of sp³-hybridized carbons (Fsp3) is 0.846.